The Kier molecular flexibility index (Phi) is 5.07. The minimum absolute atomic E-state index is 0.206. The number of aldehydes is 1. The largest absolute Gasteiger partial charge is 0.303 e. The Morgan fingerprint density at radius 3 is 2.67 bits per heavy atom. The van der Waals surface area contributed by atoms with Crippen molar-refractivity contribution < 1.29 is 4.79 Å². The Labute approximate surface area is 93.9 Å². The maximum Gasteiger partial charge on any atom is 0.123 e. The van der Waals surface area contributed by atoms with Gasteiger partial charge in [0.05, 0.1) is 0 Å². The van der Waals surface area contributed by atoms with Crippen LogP contribution in [0.4, 0.5) is 0 Å². The maximum absolute atomic E-state index is 10.6. The van der Waals surface area contributed by atoms with Crippen LogP contribution >= 0.6 is 0 Å². The lowest BCUT2D eigenvalue weighted by molar-refractivity contribution is -0.110. The molecule has 1 aliphatic carbocycles. The van der Waals surface area contributed by atoms with E-state index < -0.39 is 0 Å². The number of carbonyl (C=O) groups excluding carboxylic acids is 1. The summed E-state index contributed by atoms with van der Waals surface area (Å²) in [5.74, 6) is 1.91. The Morgan fingerprint density at radius 1 is 1.47 bits per heavy atom. The average molecular weight is 208 g/mol. The lowest BCUT2D eigenvalue weighted by Gasteiger charge is -2.23. The van der Waals surface area contributed by atoms with E-state index >= 15 is 0 Å². The SMILES string of the molecule is CC(C)CC1CC=C(CC(C)C=O)CC1. The van der Waals surface area contributed by atoms with Crippen LogP contribution in [0.5, 0.6) is 0 Å². The zero-order chi connectivity index (χ0) is 11.3. The van der Waals surface area contributed by atoms with Crippen molar-refractivity contribution >= 4 is 6.29 Å². The highest BCUT2D eigenvalue weighted by atomic mass is 16.1. The fraction of sp³-hybridized carbons (Fsp3) is 0.786. The summed E-state index contributed by atoms with van der Waals surface area (Å²) >= 11 is 0. The van der Waals surface area contributed by atoms with Gasteiger partial charge in [-0.15, -0.1) is 0 Å². The summed E-state index contributed by atoms with van der Waals surface area (Å²) in [6, 6.07) is 0. The third kappa shape index (κ3) is 4.63. The molecule has 0 aromatic rings. The van der Waals surface area contributed by atoms with Crippen LogP contribution in [0.3, 0.4) is 0 Å². The number of hydrogen-bond donors (Lipinski definition) is 0. The smallest absolute Gasteiger partial charge is 0.123 e. The van der Waals surface area contributed by atoms with Gasteiger partial charge in [-0.1, -0.05) is 32.4 Å². The lowest BCUT2D eigenvalue weighted by atomic mass is 9.82. The molecule has 0 amide bonds. The van der Waals surface area contributed by atoms with Crippen molar-refractivity contribution in [2.24, 2.45) is 17.8 Å². The van der Waals surface area contributed by atoms with E-state index in [9.17, 15) is 4.79 Å². The Morgan fingerprint density at radius 2 is 2.20 bits per heavy atom. The standard InChI is InChI=1S/C14H24O/c1-11(2)8-13-4-6-14(7-5-13)9-12(3)10-15/h6,10-13H,4-5,7-9H2,1-3H3. The molecule has 15 heavy (non-hydrogen) atoms. The first-order chi connectivity index (χ1) is 7.11. The van der Waals surface area contributed by atoms with Crippen LogP contribution < -0.4 is 0 Å². The molecule has 0 N–H and O–H groups in total. The Balaban J connectivity index is 2.34. The second-order valence-corrected chi connectivity index (χ2v) is 5.45. The van der Waals surface area contributed by atoms with Gasteiger partial charge in [-0.3, -0.25) is 0 Å². The summed E-state index contributed by atoms with van der Waals surface area (Å²) in [6.07, 6.45) is 9.58. The molecular weight excluding hydrogens is 184 g/mol. The van der Waals surface area contributed by atoms with Crippen molar-refractivity contribution in [3.8, 4) is 0 Å². The number of hydrogen-bond acceptors (Lipinski definition) is 1. The molecule has 1 nitrogen and oxygen atoms in total. The van der Waals surface area contributed by atoms with E-state index in [4.69, 9.17) is 0 Å². The van der Waals surface area contributed by atoms with Gasteiger partial charge in [-0.05, 0) is 43.9 Å². The van der Waals surface area contributed by atoms with Crippen LogP contribution in [0, 0.1) is 17.8 Å². The zero-order valence-electron chi connectivity index (χ0n) is 10.3. The van der Waals surface area contributed by atoms with Crippen LogP contribution in [0.2, 0.25) is 0 Å². The van der Waals surface area contributed by atoms with Crippen molar-refractivity contribution in [3.63, 3.8) is 0 Å². The van der Waals surface area contributed by atoms with Gasteiger partial charge >= 0.3 is 0 Å². The summed E-state index contributed by atoms with van der Waals surface area (Å²) < 4.78 is 0. The molecule has 2 unspecified atom stereocenters. The molecule has 2 atom stereocenters. The highest BCUT2D eigenvalue weighted by Crippen LogP contribution is 2.30. The molecule has 0 saturated heterocycles. The first-order valence-electron chi connectivity index (χ1n) is 6.25. The molecule has 0 aromatic heterocycles. The molecule has 1 aliphatic rings. The van der Waals surface area contributed by atoms with E-state index in [1.807, 2.05) is 6.92 Å². The fourth-order valence-corrected chi connectivity index (χ4v) is 2.47. The first-order valence-corrected chi connectivity index (χ1v) is 6.25. The minimum atomic E-state index is 0.206. The number of carbonyl (C=O) groups is 1. The molecule has 1 heteroatoms. The minimum Gasteiger partial charge on any atom is -0.303 e. The molecule has 0 radical (unpaired) electrons. The van der Waals surface area contributed by atoms with E-state index in [0.29, 0.717) is 0 Å². The number of allylic oxidation sites excluding steroid dienone is 2. The van der Waals surface area contributed by atoms with Crippen molar-refractivity contribution in [1.29, 1.82) is 0 Å². The Hall–Kier alpha value is -0.590. The first kappa shape index (κ1) is 12.5. The van der Waals surface area contributed by atoms with Crippen molar-refractivity contribution in [3.05, 3.63) is 11.6 Å². The molecule has 1 rings (SSSR count). The van der Waals surface area contributed by atoms with Gasteiger partial charge in [0.25, 0.3) is 0 Å². The molecule has 0 saturated carbocycles. The summed E-state index contributed by atoms with van der Waals surface area (Å²) in [6.45, 7) is 6.61. The van der Waals surface area contributed by atoms with Gasteiger partial charge in [0.2, 0.25) is 0 Å². The summed E-state index contributed by atoms with van der Waals surface area (Å²) in [7, 11) is 0. The second kappa shape index (κ2) is 6.09. The van der Waals surface area contributed by atoms with Gasteiger partial charge in [0.1, 0.15) is 6.29 Å². The van der Waals surface area contributed by atoms with Crippen molar-refractivity contribution in [1.82, 2.24) is 0 Å². The van der Waals surface area contributed by atoms with E-state index in [-0.39, 0.29) is 5.92 Å². The topological polar surface area (TPSA) is 17.1 Å². The maximum atomic E-state index is 10.6. The van der Waals surface area contributed by atoms with E-state index in [1.54, 1.807) is 0 Å². The zero-order valence-corrected chi connectivity index (χ0v) is 10.3. The Bertz CT molecular complexity index is 227. The fourth-order valence-electron chi connectivity index (χ4n) is 2.47. The van der Waals surface area contributed by atoms with E-state index in [0.717, 1.165) is 24.5 Å². The van der Waals surface area contributed by atoms with Gasteiger partial charge in [-0.2, -0.15) is 0 Å². The third-order valence-corrected chi connectivity index (χ3v) is 3.23. The predicted molar refractivity (Wildman–Crippen MR) is 64.7 cm³/mol. The molecule has 86 valence electrons. The van der Waals surface area contributed by atoms with Crippen LogP contribution in [0.1, 0.15) is 52.9 Å². The highest BCUT2D eigenvalue weighted by Gasteiger charge is 2.16. The third-order valence-electron chi connectivity index (χ3n) is 3.23. The van der Waals surface area contributed by atoms with E-state index in [1.165, 1.54) is 31.3 Å². The second-order valence-electron chi connectivity index (χ2n) is 5.45. The van der Waals surface area contributed by atoms with Gasteiger partial charge in [0.15, 0.2) is 0 Å². The predicted octanol–water partition coefficient (Wildman–Crippen LogP) is 3.98. The van der Waals surface area contributed by atoms with Gasteiger partial charge in [-0.25, -0.2) is 0 Å². The quantitative estimate of drug-likeness (QED) is 0.493. The summed E-state index contributed by atoms with van der Waals surface area (Å²) in [4.78, 5) is 10.6. The molecule has 0 bridgehead atoms. The molecular formula is C14H24O. The monoisotopic (exact) mass is 208 g/mol. The summed E-state index contributed by atoms with van der Waals surface area (Å²) in [5, 5.41) is 0. The molecule has 0 aliphatic heterocycles. The summed E-state index contributed by atoms with van der Waals surface area (Å²) in [5.41, 5.74) is 1.51. The average Bonchev–Trinajstić information content (AvgIpc) is 2.20. The van der Waals surface area contributed by atoms with Crippen LogP contribution in [-0.2, 0) is 4.79 Å². The van der Waals surface area contributed by atoms with Gasteiger partial charge in [0, 0.05) is 5.92 Å². The molecule has 0 spiro atoms. The van der Waals surface area contributed by atoms with Crippen LogP contribution in [-0.4, -0.2) is 6.29 Å². The van der Waals surface area contributed by atoms with Crippen molar-refractivity contribution in [2.75, 3.05) is 0 Å². The normalized spacial score (nSPS) is 23.7. The molecule has 0 aromatic carbocycles. The number of rotatable bonds is 5. The van der Waals surface area contributed by atoms with Crippen LogP contribution in [0.25, 0.3) is 0 Å². The van der Waals surface area contributed by atoms with E-state index in [2.05, 4.69) is 19.9 Å². The highest BCUT2D eigenvalue weighted by molar-refractivity contribution is 5.53. The van der Waals surface area contributed by atoms with Crippen LogP contribution in [0.15, 0.2) is 11.6 Å². The molecule has 0 heterocycles. The van der Waals surface area contributed by atoms with Gasteiger partial charge < -0.3 is 4.79 Å². The lowest BCUT2D eigenvalue weighted by Crippen LogP contribution is -2.10. The van der Waals surface area contributed by atoms with Crippen molar-refractivity contribution in [2.45, 2.75) is 52.9 Å². The molecule has 0 fully saturated rings.